The van der Waals surface area contributed by atoms with Gasteiger partial charge in [-0.25, -0.2) is 4.39 Å². The summed E-state index contributed by atoms with van der Waals surface area (Å²) < 4.78 is 21.0. The minimum absolute atomic E-state index is 0.00519. The van der Waals surface area contributed by atoms with E-state index in [0.717, 1.165) is 4.70 Å². The maximum atomic E-state index is 13.5. The molecule has 3 heterocycles. The molecule has 1 aromatic carbocycles. The highest BCUT2D eigenvalue weighted by molar-refractivity contribution is 7.17. The fraction of sp³-hybridized carbons (Fsp3) is 0.263. The molecule has 0 atom stereocenters. The number of morpholine rings is 1. The molecular formula is C19H16ClFN2O3S. The molecule has 1 aliphatic rings. The van der Waals surface area contributed by atoms with Crippen LogP contribution in [0.2, 0.25) is 5.02 Å². The summed E-state index contributed by atoms with van der Waals surface area (Å²) in [6.45, 7) is 2.08. The molecule has 0 aliphatic carbocycles. The summed E-state index contributed by atoms with van der Waals surface area (Å²) in [5.74, 6) is -0.616. The number of carbonyl (C=O) groups excluding carboxylic acids is 1. The van der Waals surface area contributed by atoms with Gasteiger partial charge >= 0.3 is 0 Å². The first kappa shape index (κ1) is 18.2. The van der Waals surface area contributed by atoms with E-state index in [0.29, 0.717) is 42.8 Å². The molecule has 0 radical (unpaired) electrons. The van der Waals surface area contributed by atoms with Gasteiger partial charge in [-0.15, -0.1) is 11.3 Å². The fourth-order valence-corrected chi connectivity index (χ4v) is 4.28. The smallest absolute Gasteiger partial charge is 0.260 e. The van der Waals surface area contributed by atoms with Crippen LogP contribution in [0.5, 0.6) is 0 Å². The second kappa shape index (κ2) is 7.42. The summed E-state index contributed by atoms with van der Waals surface area (Å²) in [5, 5.41) is 2.37. The largest absolute Gasteiger partial charge is 0.378 e. The molecule has 0 N–H and O–H groups in total. The molecule has 4 rings (SSSR count). The molecule has 3 aromatic rings. The molecule has 5 nitrogen and oxygen atoms in total. The Balaban J connectivity index is 1.71. The van der Waals surface area contributed by atoms with Crippen LogP contribution in [-0.2, 0) is 16.1 Å². The molecule has 0 bridgehead atoms. The van der Waals surface area contributed by atoms with Crippen molar-refractivity contribution < 1.29 is 13.9 Å². The third-order valence-corrected chi connectivity index (χ3v) is 5.84. The van der Waals surface area contributed by atoms with E-state index in [1.54, 1.807) is 17.2 Å². The van der Waals surface area contributed by atoms with Gasteiger partial charge in [0.1, 0.15) is 12.4 Å². The van der Waals surface area contributed by atoms with Crippen LogP contribution in [0.25, 0.3) is 21.2 Å². The molecule has 1 saturated heterocycles. The van der Waals surface area contributed by atoms with Crippen molar-refractivity contribution in [3.63, 3.8) is 0 Å². The zero-order valence-electron chi connectivity index (χ0n) is 14.3. The highest BCUT2D eigenvalue weighted by atomic mass is 35.5. The van der Waals surface area contributed by atoms with Gasteiger partial charge in [0.15, 0.2) is 0 Å². The van der Waals surface area contributed by atoms with Crippen molar-refractivity contribution in [3.8, 4) is 11.1 Å². The first-order chi connectivity index (χ1) is 13.0. The number of halogens is 2. The Hall–Kier alpha value is -2.22. The number of nitrogens with zero attached hydrogens (tertiary/aromatic N) is 2. The summed E-state index contributed by atoms with van der Waals surface area (Å²) in [5.41, 5.74) is 1.11. The van der Waals surface area contributed by atoms with E-state index >= 15 is 0 Å². The maximum absolute atomic E-state index is 13.5. The molecule has 1 aliphatic heterocycles. The average Bonchev–Trinajstić information content (AvgIpc) is 3.12. The SMILES string of the molecule is O=C(Cn1ccc2scc(-c3ccc(F)c(Cl)c3)c2c1=O)N1CCOCC1. The van der Waals surface area contributed by atoms with E-state index in [4.69, 9.17) is 16.3 Å². The van der Waals surface area contributed by atoms with Gasteiger partial charge in [0.2, 0.25) is 5.91 Å². The topological polar surface area (TPSA) is 51.5 Å². The van der Waals surface area contributed by atoms with Gasteiger partial charge < -0.3 is 14.2 Å². The summed E-state index contributed by atoms with van der Waals surface area (Å²) >= 11 is 7.32. The minimum Gasteiger partial charge on any atom is -0.378 e. The Kier molecular flexibility index (Phi) is 4.99. The van der Waals surface area contributed by atoms with E-state index in [-0.39, 0.29) is 23.0 Å². The average molecular weight is 407 g/mol. The quantitative estimate of drug-likeness (QED) is 0.670. The van der Waals surface area contributed by atoms with Crippen molar-refractivity contribution in [3.05, 3.63) is 57.0 Å². The van der Waals surface area contributed by atoms with Gasteiger partial charge in [-0.3, -0.25) is 9.59 Å². The summed E-state index contributed by atoms with van der Waals surface area (Å²) in [7, 11) is 0. The maximum Gasteiger partial charge on any atom is 0.260 e. The van der Waals surface area contributed by atoms with Gasteiger partial charge in [-0.2, -0.15) is 0 Å². The normalized spacial score (nSPS) is 14.7. The first-order valence-corrected chi connectivity index (χ1v) is 9.72. The number of fused-ring (bicyclic) bond motifs is 1. The Morgan fingerprint density at radius 3 is 2.78 bits per heavy atom. The molecule has 8 heteroatoms. The molecule has 0 spiro atoms. The Bertz CT molecular complexity index is 1070. The molecule has 0 unspecified atom stereocenters. The Morgan fingerprint density at radius 2 is 2.04 bits per heavy atom. The minimum atomic E-state index is -0.506. The van der Waals surface area contributed by atoms with Gasteiger partial charge in [0, 0.05) is 34.9 Å². The molecule has 1 amide bonds. The highest BCUT2D eigenvalue weighted by Crippen LogP contribution is 2.33. The number of rotatable bonds is 3. The fourth-order valence-electron chi connectivity index (χ4n) is 3.14. The molecule has 1 fully saturated rings. The van der Waals surface area contributed by atoms with E-state index in [1.165, 1.54) is 28.0 Å². The number of hydrogen-bond acceptors (Lipinski definition) is 4. The zero-order chi connectivity index (χ0) is 19.0. The predicted molar refractivity (Wildman–Crippen MR) is 104 cm³/mol. The Morgan fingerprint density at radius 1 is 1.26 bits per heavy atom. The number of benzene rings is 1. The molecule has 27 heavy (non-hydrogen) atoms. The van der Waals surface area contributed by atoms with Crippen molar-refractivity contribution in [1.29, 1.82) is 0 Å². The molecule has 2 aromatic heterocycles. The van der Waals surface area contributed by atoms with Crippen molar-refractivity contribution in [2.24, 2.45) is 0 Å². The number of carbonyl (C=O) groups is 1. The second-order valence-electron chi connectivity index (χ2n) is 6.26. The van der Waals surface area contributed by atoms with Crippen molar-refractivity contribution in [2.75, 3.05) is 26.3 Å². The first-order valence-electron chi connectivity index (χ1n) is 8.46. The lowest BCUT2D eigenvalue weighted by molar-refractivity contribution is -0.135. The van der Waals surface area contributed by atoms with Crippen LogP contribution in [0, 0.1) is 5.82 Å². The summed E-state index contributed by atoms with van der Waals surface area (Å²) in [6, 6.07) is 6.21. The van der Waals surface area contributed by atoms with Crippen LogP contribution in [0.15, 0.2) is 40.6 Å². The van der Waals surface area contributed by atoms with E-state index in [9.17, 15) is 14.0 Å². The van der Waals surface area contributed by atoms with Crippen LogP contribution in [0.4, 0.5) is 4.39 Å². The lowest BCUT2D eigenvalue weighted by Crippen LogP contribution is -2.43. The zero-order valence-corrected chi connectivity index (χ0v) is 15.9. The van der Waals surface area contributed by atoms with Gasteiger partial charge in [0.05, 0.1) is 23.6 Å². The second-order valence-corrected chi connectivity index (χ2v) is 7.58. The molecule has 140 valence electrons. The van der Waals surface area contributed by atoms with Crippen LogP contribution in [0.3, 0.4) is 0 Å². The standard InChI is InChI=1S/C19H16ClFN2O3S/c20-14-9-12(1-2-15(14)21)13-11-27-16-3-4-23(19(25)18(13)16)10-17(24)22-5-7-26-8-6-22/h1-4,9,11H,5-8,10H2. The number of aromatic nitrogens is 1. The van der Waals surface area contributed by atoms with Crippen LogP contribution in [-0.4, -0.2) is 41.7 Å². The molecule has 0 saturated carbocycles. The van der Waals surface area contributed by atoms with Gasteiger partial charge in [0.25, 0.3) is 5.56 Å². The predicted octanol–water partition coefficient (Wildman–Crippen LogP) is 3.38. The van der Waals surface area contributed by atoms with Crippen molar-refractivity contribution >= 4 is 38.9 Å². The van der Waals surface area contributed by atoms with E-state index in [1.807, 2.05) is 11.4 Å². The van der Waals surface area contributed by atoms with Gasteiger partial charge in [-0.1, -0.05) is 17.7 Å². The number of ether oxygens (including phenoxy) is 1. The van der Waals surface area contributed by atoms with E-state index in [2.05, 4.69) is 0 Å². The lowest BCUT2D eigenvalue weighted by Gasteiger charge is -2.27. The van der Waals surface area contributed by atoms with E-state index < -0.39 is 5.82 Å². The summed E-state index contributed by atoms with van der Waals surface area (Å²) in [4.78, 5) is 27.2. The third kappa shape index (κ3) is 3.50. The highest BCUT2D eigenvalue weighted by Gasteiger charge is 2.19. The van der Waals surface area contributed by atoms with Crippen LogP contribution >= 0.6 is 22.9 Å². The number of thiophene rings is 1. The monoisotopic (exact) mass is 406 g/mol. The lowest BCUT2D eigenvalue weighted by atomic mass is 10.1. The third-order valence-electron chi connectivity index (χ3n) is 4.60. The number of amides is 1. The summed E-state index contributed by atoms with van der Waals surface area (Å²) in [6.07, 6.45) is 1.64. The van der Waals surface area contributed by atoms with Crippen molar-refractivity contribution in [2.45, 2.75) is 6.54 Å². The molecular weight excluding hydrogens is 391 g/mol. The van der Waals surface area contributed by atoms with Gasteiger partial charge in [-0.05, 0) is 23.8 Å². The number of pyridine rings is 1. The van der Waals surface area contributed by atoms with Crippen molar-refractivity contribution in [1.82, 2.24) is 9.47 Å². The Labute approximate surface area is 163 Å². The van der Waals surface area contributed by atoms with Crippen LogP contribution in [0.1, 0.15) is 0 Å². The van der Waals surface area contributed by atoms with Crippen LogP contribution < -0.4 is 5.56 Å². The number of hydrogen-bond donors (Lipinski definition) is 0.